The van der Waals surface area contributed by atoms with E-state index in [0.29, 0.717) is 17.0 Å². The topological polar surface area (TPSA) is 76.1 Å². The number of methoxy groups -OCH3 is 2. The number of Topliss-reactive ketones (excluding diaryl/α,β-unsaturated/α-hetero) is 1. The quantitative estimate of drug-likeness (QED) is 0.266. The van der Waals surface area contributed by atoms with Crippen LogP contribution >= 0.6 is 11.6 Å². The van der Waals surface area contributed by atoms with Crippen molar-refractivity contribution in [2.45, 2.75) is 26.3 Å². The Balaban J connectivity index is 1.99. The Morgan fingerprint density at radius 1 is 1.03 bits per heavy atom. The number of hydrogen-bond donors (Lipinski definition) is 1. The third kappa shape index (κ3) is 4.37. The maximum atomic E-state index is 13.4. The molecule has 4 rings (SSSR count). The summed E-state index contributed by atoms with van der Waals surface area (Å²) in [4.78, 5) is 28.2. The first-order chi connectivity index (χ1) is 16.8. The third-order valence-corrected chi connectivity index (χ3v) is 6.40. The lowest BCUT2D eigenvalue weighted by Gasteiger charge is -2.26. The number of benzene rings is 3. The molecule has 0 spiro atoms. The number of ketones is 1. The average Bonchev–Trinajstić information content (AvgIpc) is 3.13. The fourth-order valence-electron chi connectivity index (χ4n) is 4.38. The van der Waals surface area contributed by atoms with Crippen LogP contribution in [-0.4, -0.2) is 31.0 Å². The van der Waals surface area contributed by atoms with Gasteiger partial charge in [-0.2, -0.15) is 0 Å². The zero-order valence-corrected chi connectivity index (χ0v) is 20.7. The Morgan fingerprint density at radius 3 is 2.37 bits per heavy atom. The first-order valence-corrected chi connectivity index (χ1v) is 11.6. The van der Waals surface area contributed by atoms with Crippen LogP contribution in [0.1, 0.15) is 35.2 Å². The van der Waals surface area contributed by atoms with Crippen LogP contribution < -0.4 is 14.4 Å². The molecule has 1 fully saturated rings. The molecule has 0 aliphatic carbocycles. The Morgan fingerprint density at radius 2 is 1.74 bits per heavy atom. The van der Waals surface area contributed by atoms with Gasteiger partial charge in [0.2, 0.25) is 0 Å². The summed E-state index contributed by atoms with van der Waals surface area (Å²) in [6.07, 6.45) is 0.840. The standard InChI is InChI=1S/C28H26ClNO5/c1-5-17-9-11-19(12-10-17)30-24(18-7-6-8-20(15-18)34-3)23(26(32)28(30)33)25(31)21-13-16(2)14-22(29)27(21)35-4/h6-15,24,31H,5H2,1-4H3/b25-23+. The molecule has 1 aliphatic heterocycles. The summed E-state index contributed by atoms with van der Waals surface area (Å²) in [6, 6.07) is 17.0. The van der Waals surface area contributed by atoms with Crippen LogP contribution in [0.15, 0.2) is 66.2 Å². The van der Waals surface area contributed by atoms with Crippen LogP contribution in [0.5, 0.6) is 11.5 Å². The highest BCUT2D eigenvalue weighted by Crippen LogP contribution is 2.45. The van der Waals surface area contributed by atoms with E-state index < -0.39 is 17.7 Å². The van der Waals surface area contributed by atoms with Crippen molar-refractivity contribution in [1.29, 1.82) is 0 Å². The van der Waals surface area contributed by atoms with Crippen LogP contribution in [0.4, 0.5) is 5.69 Å². The largest absolute Gasteiger partial charge is 0.507 e. The number of carbonyl (C=O) groups is 2. The van der Waals surface area contributed by atoms with Crippen molar-refractivity contribution in [2.75, 3.05) is 19.1 Å². The molecule has 1 amide bonds. The zero-order chi connectivity index (χ0) is 25.3. The molecule has 35 heavy (non-hydrogen) atoms. The predicted octanol–water partition coefficient (Wildman–Crippen LogP) is 5.85. The summed E-state index contributed by atoms with van der Waals surface area (Å²) < 4.78 is 10.8. The molecule has 3 aromatic rings. The second-order valence-electron chi connectivity index (χ2n) is 8.29. The van der Waals surface area contributed by atoms with Crippen molar-refractivity contribution in [2.24, 2.45) is 0 Å². The highest BCUT2D eigenvalue weighted by molar-refractivity contribution is 6.51. The zero-order valence-electron chi connectivity index (χ0n) is 20.0. The molecule has 0 bridgehead atoms. The van der Waals surface area contributed by atoms with Crippen LogP contribution in [0.25, 0.3) is 5.76 Å². The molecular formula is C28H26ClNO5. The molecule has 0 aromatic heterocycles. The molecular weight excluding hydrogens is 466 g/mol. The summed E-state index contributed by atoms with van der Waals surface area (Å²) in [6.45, 7) is 3.85. The van der Waals surface area contributed by atoms with Gasteiger partial charge in [0.1, 0.15) is 17.3 Å². The molecule has 6 nitrogen and oxygen atoms in total. The highest BCUT2D eigenvalue weighted by atomic mass is 35.5. The molecule has 1 N–H and O–H groups in total. The van der Waals surface area contributed by atoms with E-state index in [2.05, 4.69) is 0 Å². The van der Waals surface area contributed by atoms with E-state index in [1.807, 2.05) is 26.0 Å². The second-order valence-corrected chi connectivity index (χ2v) is 8.70. The maximum Gasteiger partial charge on any atom is 0.300 e. The lowest BCUT2D eigenvalue weighted by atomic mass is 9.94. The van der Waals surface area contributed by atoms with E-state index >= 15 is 0 Å². The molecule has 0 saturated carbocycles. The van der Waals surface area contributed by atoms with E-state index in [1.54, 1.807) is 55.6 Å². The molecule has 3 aromatic carbocycles. The minimum absolute atomic E-state index is 0.0530. The number of anilines is 1. The van der Waals surface area contributed by atoms with E-state index in [0.717, 1.165) is 17.5 Å². The van der Waals surface area contributed by atoms with Gasteiger partial charge in [-0.1, -0.05) is 42.8 Å². The van der Waals surface area contributed by atoms with E-state index in [4.69, 9.17) is 21.1 Å². The Kier molecular flexibility index (Phi) is 6.85. The molecule has 1 heterocycles. The molecule has 0 radical (unpaired) electrons. The minimum atomic E-state index is -0.887. The lowest BCUT2D eigenvalue weighted by molar-refractivity contribution is -0.132. The van der Waals surface area contributed by atoms with Crippen LogP contribution in [0, 0.1) is 6.92 Å². The SMILES string of the molecule is CCc1ccc(N2C(=O)C(=O)/C(=C(/O)c3cc(C)cc(Cl)c3OC)C2c2cccc(OC)c2)cc1. The summed E-state index contributed by atoms with van der Waals surface area (Å²) in [5, 5.41) is 11.8. The molecule has 1 saturated heterocycles. The van der Waals surface area contributed by atoms with Gasteiger partial charge in [-0.25, -0.2) is 0 Å². The minimum Gasteiger partial charge on any atom is -0.507 e. The van der Waals surface area contributed by atoms with Gasteiger partial charge in [0, 0.05) is 5.69 Å². The van der Waals surface area contributed by atoms with Gasteiger partial charge in [-0.15, -0.1) is 0 Å². The van der Waals surface area contributed by atoms with Gasteiger partial charge >= 0.3 is 0 Å². The molecule has 1 unspecified atom stereocenters. The third-order valence-electron chi connectivity index (χ3n) is 6.12. The summed E-state index contributed by atoms with van der Waals surface area (Å²) in [5.41, 5.74) is 3.21. The number of aliphatic hydroxyl groups is 1. The fraction of sp³-hybridized carbons (Fsp3) is 0.214. The number of ether oxygens (including phenoxy) is 2. The Bertz CT molecular complexity index is 1330. The number of aryl methyl sites for hydroxylation is 2. The van der Waals surface area contributed by atoms with Crippen molar-refractivity contribution in [1.82, 2.24) is 0 Å². The average molecular weight is 492 g/mol. The van der Waals surface area contributed by atoms with Gasteiger partial charge in [0.05, 0.1) is 36.4 Å². The molecule has 1 atom stereocenters. The monoisotopic (exact) mass is 491 g/mol. The summed E-state index contributed by atoms with van der Waals surface area (Å²) in [7, 11) is 2.97. The Labute approximate surface area is 209 Å². The first kappa shape index (κ1) is 24.4. The number of carbonyl (C=O) groups excluding carboxylic acids is 2. The number of hydrogen-bond acceptors (Lipinski definition) is 5. The first-order valence-electron chi connectivity index (χ1n) is 11.2. The summed E-state index contributed by atoms with van der Waals surface area (Å²) in [5.74, 6) is -1.11. The van der Waals surface area contributed by atoms with E-state index in [1.165, 1.54) is 12.0 Å². The Hall–Kier alpha value is -3.77. The number of amides is 1. The van der Waals surface area contributed by atoms with E-state index in [-0.39, 0.29) is 27.7 Å². The predicted molar refractivity (Wildman–Crippen MR) is 136 cm³/mol. The highest BCUT2D eigenvalue weighted by Gasteiger charge is 2.47. The number of aliphatic hydroxyl groups excluding tert-OH is 1. The number of halogens is 1. The maximum absolute atomic E-state index is 13.4. The van der Waals surface area contributed by atoms with Crippen molar-refractivity contribution in [3.05, 3.63) is 93.5 Å². The molecule has 7 heteroatoms. The van der Waals surface area contributed by atoms with Gasteiger partial charge in [-0.3, -0.25) is 14.5 Å². The van der Waals surface area contributed by atoms with Crippen molar-refractivity contribution in [3.8, 4) is 11.5 Å². The van der Waals surface area contributed by atoms with Crippen molar-refractivity contribution in [3.63, 3.8) is 0 Å². The normalized spacial score (nSPS) is 17.1. The smallest absolute Gasteiger partial charge is 0.300 e. The van der Waals surface area contributed by atoms with Crippen molar-refractivity contribution >= 4 is 34.7 Å². The van der Waals surface area contributed by atoms with Gasteiger partial charge in [0.25, 0.3) is 11.7 Å². The summed E-state index contributed by atoms with van der Waals surface area (Å²) >= 11 is 6.36. The fourth-order valence-corrected chi connectivity index (χ4v) is 4.73. The number of rotatable bonds is 6. The second kappa shape index (κ2) is 9.84. The van der Waals surface area contributed by atoms with Gasteiger partial charge in [-0.05, 0) is 66.4 Å². The van der Waals surface area contributed by atoms with E-state index in [9.17, 15) is 14.7 Å². The number of nitrogens with zero attached hydrogens (tertiary/aromatic N) is 1. The van der Waals surface area contributed by atoms with Crippen LogP contribution in [0.2, 0.25) is 5.02 Å². The van der Waals surface area contributed by atoms with Crippen LogP contribution in [0.3, 0.4) is 0 Å². The molecule has 180 valence electrons. The van der Waals surface area contributed by atoms with Crippen molar-refractivity contribution < 1.29 is 24.2 Å². The van der Waals surface area contributed by atoms with Crippen LogP contribution in [-0.2, 0) is 16.0 Å². The lowest BCUT2D eigenvalue weighted by Crippen LogP contribution is -2.29. The molecule has 1 aliphatic rings. The van der Waals surface area contributed by atoms with Gasteiger partial charge < -0.3 is 14.6 Å². The van der Waals surface area contributed by atoms with Gasteiger partial charge in [0.15, 0.2) is 0 Å².